The van der Waals surface area contributed by atoms with Gasteiger partial charge in [-0.1, -0.05) is 71.8 Å². The van der Waals surface area contributed by atoms with Crippen LogP contribution in [0.1, 0.15) is 56.8 Å². The van der Waals surface area contributed by atoms with Crippen LogP contribution in [0.15, 0.2) is 151 Å². The topological polar surface area (TPSA) is 153 Å². The summed E-state index contributed by atoms with van der Waals surface area (Å²) in [4.78, 5) is 36.0. The van der Waals surface area contributed by atoms with Gasteiger partial charge in [0.25, 0.3) is 0 Å². The summed E-state index contributed by atoms with van der Waals surface area (Å²) in [6, 6.07) is 41.9. The van der Waals surface area contributed by atoms with Gasteiger partial charge in [-0.25, -0.2) is 18.7 Å². The van der Waals surface area contributed by atoms with E-state index in [1.807, 2.05) is 84.9 Å². The molecule has 0 amide bonds. The molecular weight excluding hydrogens is 763 g/mol. The highest BCUT2D eigenvalue weighted by Gasteiger charge is 2.18. The number of hydrogen-bond acceptors (Lipinski definition) is 8. The first kappa shape index (κ1) is 40.3. The predicted molar refractivity (Wildman–Crippen MR) is 228 cm³/mol. The van der Waals surface area contributed by atoms with E-state index in [0.717, 1.165) is 44.6 Å². The summed E-state index contributed by atoms with van der Waals surface area (Å²) in [6.45, 7) is 2.74. The second-order valence-electron chi connectivity index (χ2n) is 13.8. The van der Waals surface area contributed by atoms with Crippen LogP contribution in [0.3, 0.4) is 0 Å². The van der Waals surface area contributed by atoms with Crippen molar-refractivity contribution in [1.29, 1.82) is 0 Å². The number of halogens is 2. The molecule has 0 saturated heterocycles. The zero-order valence-corrected chi connectivity index (χ0v) is 32.5. The number of rotatable bonds is 11. The van der Waals surface area contributed by atoms with E-state index >= 15 is 0 Å². The monoisotopic (exact) mass is 798 g/mol. The number of nitrogens with two attached hydrogens (primary N) is 1. The molecule has 0 aliphatic heterocycles. The Bertz CT molecular complexity index is 2940. The van der Waals surface area contributed by atoms with Crippen LogP contribution >= 0.6 is 0 Å². The molecule has 0 atom stereocenters. The number of azide groups is 1. The Morgan fingerprint density at radius 2 is 1.08 bits per heavy atom. The predicted octanol–water partition coefficient (Wildman–Crippen LogP) is 12.4. The Hall–Kier alpha value is -7.95. The SMILES string of the molecule is CC(=O)c1cc(F)ccc1Oc1nc2ccc(N)cc2cc1Cc1ccccc1.CC(=O)c1cc(F)ccc1Oc1nc2ccc(N=[N+]=[N-])cc2cc1Cc1ccccc1. The summed E-state index contributed by atoms with van der Waals surface area (Å²) < 4.78 is 39.4. The Kier molecular flexibility index (Phi) is 12.1. The van der Waals surface area contributed by atoms with E-state index in [4.69, 9.17) is 20.7 Å². The zero-order chi connectivity index (χ0) is 42.2. The van der Waals surface area contributed by atoms with E-state index in [1.165, 1.54) is 44.2 Å². The highest BCUT2D eigenvalue weighted by molar-refractivity contribution is 5.97. The summed E-state index contributed by atoms with van der Waals surface area (Å²) in [7, 11) is 0. The number of carbonyl (C=O) groups excluding carboxylic acids is 2. The first-order chi connectivity index (χ1) is 29.0. The van der Waals surface area contributed by atoms with Crippen molar-refractivity contribution in [3.63, 3.8) is 0 Å². The zero-order valence-electron chi connectivity index (χ0n) is 32.5. The number of nitrogens with zero attached hydrogens (tertiary/aromatic N) is 5. The van der Waals surface area contributed by atoms with Gasteiger partial charge in [-0.05, 0) is 109 Å². The fourth-order valence-electron chi connectivity index (χ4n) is 6.53. The molecule has 0 spiro atoms. The second kappa shape index (κ2) is 18.1. The molecule has 0 aliphatic carbocycles. The number of aromatic nitrogens is 2. The van der Waals surface area contributed by atoms with E-state index in [9.17, 15) is 18.4 Å². The lowest BCUT2D eigenvalue weighted by Crippen LogP contribution is -2.02. The van der Waals surface area contributed by atoms with Crippen LogP contribution in [0.2, 0.25) is 0 Å². The summed E-state index contributed by atoms with van der Waals surface area (Å²) in [5.41, 5.74) is 21.2. The number of anilines is 1. The van der Waals surface area contributed by atoms with Gasteiger partial charge in [0.1, 0.15) is 23.1 Å². The van der Waals surface area contributed by atoms with Crippen LogP contribution in [0.25, 0.3) is 32.2 Å². The van der Waals surface area contributed by atoms with Gasteiger partial charge in [0, 0.05) is 51.0 Å². The smallest absolute Gasteiger partial charge is 0.223 e. The summed E-state index contributed by atoms with van der Waals surface area (Å²) in [6.07, 6.45) is 1.12. The molecule has 0 bridgehead atoms. The third-order valence-corrected chi connectivity index (χ3v) is 9.41. The Morgan fingerprint density at radius 3 is 1.55 bits per heavy atom. The molecule has 296 valence electrons. The van der Waals surface area contributed by atoms with Gasteiger partial charge >= 0.3 is 0 Å². The maximum Gasteiger partial charge on any atom is 0.223 e. The molecule has 0 unspecified atom stereocenters. The molecule has 8 rings (SSSR count). The minimum Gasteiger partial charge on any atom is -0.438 e. The normalized spacial score (nSPS) is 10.7. The number of fused-ring (bicyclic) bond motifs is 2. The molecule has 0 saturated carbocycles. The molecule has 8 aromatic rings. The van der Waals surface area contributed by atoms with Crippen LogP contribution in [0.5, 0.6) is 23.3 Å². The summed E-state index contributed by atoms with van der Waals surface area (Å²) in [5, 5.41) is 5.33. The number of carbonyl (C=O) groups is 2. The fraction of sp³-hybridized carbons (Fsp3) is 0.0833. The molecule has 60 heavy (non-hydrogen) atoms. The average molecular weight is 799 g/mol. The molecule has 10 nitrogen and oxygen atoms in total. The van der Waals surface area contributed by atoms with Crippen LogP contribution in [-0.4, -0.2) is 21.5 Å². The number of pyridine rings is 2. The molecule has 0 aliphatic rings. The Balaban J connectivity index is 0.000000182. The molecule has 2 heterocycles. The third kappa shape index (κ3) is 9.76. The highest BCUT2D eigenvalue weighted by atomic mass is 19.1. The van der Waals surface area contributed by atoms with Crippen molar-refractivity contribution in [3.05, 3.63) is 201 Å². The lowest BCUT2D eigenvalue weighted by molar-refractivity contribution is 0.100. The lowest BCUT2D eigenvalue weighted by Gasteiger charge is -2.14. The number of benzene rings is 6. The number of nitrogen functional groups attached to an aromatic ring is 1. The van der Waals surface area contributed by atoms with E-state index < -0.39 is 11.6 Å². The maximum atomic E-state index is 13.7. The van der Waals surface area contributed by atoms with Gasteiger partial charge in [-0.3, -0.25) is 9.59 Å². The molecular formula is C48H36F2N6O4. The van der Waals surface area contributed by atoms with Crippen molar-refractivity contribution in [3.8, 4) is 23.3 Å². The Morgan fingerprint density at radius 1 is 0.617 bits per heavy atom. The number of Topliss-reactive ketones (excluding diaryl/α,β-unsaturated/α-hetero) is 2. The second-order valence-corrected chi connectivity index (χ2v) is 13.8. The molecule has 2 aromatic heterocycles. The summed E-state index contributed by atoms with van der Waals surface area (Å²) in [5.74, 6) is -0.386. The van der Waals surface area contributed by atoms with Crippen molar-refractivity contribution in [2.75, 3.05) is 5.73 Å². The van der Waals surface area contributed by atoms with Crippen LogP contribution in [0.4, 0.5) is 20.2 Å². The average Bonchev–Trinajstić information content (AvgIpc) is 3.23. The molecule has 0 fully saturated rings. The van der Waals surface area contributed by atoms with Gasteiger partial charge in [0.15, 0.2) is 11.6 Å². The van der Waals surface area contributed by atoms with Crippen molar-refractivity contribution >= 4 is 44.7 Å². The van der Waals surface area contributed by atoms with Crippen LogP contribution in [0, 0.1) is 11.6 Å². The molecule has 12 heteroatoms. The van der Waals surface area contributed by atoms with Gasteiger partial charge < -0.3 is 15.2 Å². The van der Waals surface area contributed by atoms with Crippen molar-refractivity contribution in [2.45, 2.75) is 26.7 Å². The third-order valence-electron chi connectivity index (χ3n) is 9.41. The van der Waals surface area contributed by atoms with Crippen LogP contribution in [-0.2, 0) is 12.8 Å². The van der Waals surface area contributed by atoms with Crippen molar-refractivity contribution in [1.82, 2.24) is 9.97 Å². The first-order valence-corrected chi connectivity index (χ1v) is 18.8. The van der Waals surface area contributed by atoms with Gasteiger partial charge in [-0.2, -0.15) is 0 Å². The molecule has 6 aromatic carbocycles. The lowest BCUT2D eigenvalue weighted by atomic mass is 10.0. The molecule has 2 N–H and O–H groups in total. The number of ether oxygens (including phenoxy) is 2. The maximum absolute atomic E-state index is 13.7. The molecule has 0 radical (unpaired) electrons. The van der Waals surface area contributed by atoms with Crippen molar-refractivity contribution in [2.24, 2.45) is 5.11 Å². The standard InChI is InChI=1S/C24H17FN4O2.C24H19FN2O2/c1-15(30)21-14-19(25)7-10-23(21)31-24-18(11-16-5-3-2-4-6-16)12-17-13-20(28-29-26)8-9-22(17)27-24;1-15(28)21-14-19(25)7-10-23(21)29-24-18(11-16-5-3-2-4-6-16)12-17-13-20(26)8-9-22(17)27-24/h2-10,12-14H,11H2,1H3;2-10,12-14H,11,26H2,1H3. The van der Waals surface area contributed by atoms with E-state index in [1.54, 1.807) is 24.3 Å². The fourth-order valence-corrected chi connectivity index (χ4v) is 6.53. The quantitative estimate of drug-likeness (QED) is 0.0449. The van der Waals surface area contributed by atoms with Gasteiger partial charge in [-0.15, -0.1) is 0 Å². The first-order valence-electron chi connectivity index (χ1n) is 18.8. The summed E-state index contributed by atoms with van der Waals surface area (Å²) >= 11 is 0. The van der Waals surface area contributed by atoms with Crippen LogP contribution < -0.4 is 15.2 Å². The van der Waals surface area contributed by atoms with Gasteiger partial charge in [0.2, 0.25) is 11.8 Å². The number of ketones is 2. The minimum absolute atomic E-state index is 0.145. The van der Waals surface area contributed by atoms with E-state index in [2.05, 4.69) is 20.0 Å². The van der Waals surface area contributed by atoms with Gasteiger partial charge in [0.05, 0.1) is 22.2 Å². The largest absolute Gasteiger partial charge is 0.438 e. The minimum atomic E-state index is -0.515. The van der Waals surface area contributed by atoms with Crippen molar-refractivity contribution < 1.29 is 27.8 Å². The Labute approximate surface area is 343 Å². The highest BCUT2D eigenvalue weighted by Crippen LogP contribution is 2.34. The van der Waals surface area contributed by atoms with E-state index in [-0.39, 0.29) is 34.2 Å². The van der Waals surface area contributed by atoms with E-state index in [0.29, 0.717) is 41.5 Å². The number of hydrogen-bond donors (Lipinski definition) is 1.